The molecule has 1 aliphatic rings. The zero-order chi connectivity index (χ0) is 39.6. The summed E-state index contributed by atoms with van der Waals surface area (Å²) in [5.41, 5.74) is 4.97. The van der Waals surface area contributed by atoms with E-state index in [1.165, 1.54) is 47.0 Å². The smallest absolute Gasteiger partial charge is 0.406 e. The van der Waals surface area contributed by atoms with Gasteiger partial charge in [-0.15, -0.1) is 0 Å². The second-order valence-electron chi connectivity index (χ2n) is 12.3. The number of nitrogens with zero attached hydrogens (tertiary/aromatic N) is 7. The van der Waals surface area contributed by atoms with Gasteiger partial charge in [0.15, 0.2) is 17.6 Å². The summed E-state index contributed by atoms with van der Waals surface area (Å²) in [5, 5.41) is 6.22. The third-order valence-electron chi connectivity index (χ3n) is 7.41. The van der Waals surface area contributed by atoms with Crippen molar-refractivity contribution in [3.63, 3.8) is 0 Å². The van der Waals surface area contributed by atoms with Gasteiger partial charge in [-0.05, 0) is 76.6 Å². The van der Waals surface area contributed by atoms with Gasteiger partial charge in [0.1, 0.15) is 24.1 Å². The average molecular weight is 770 g/mol. The molecule has 2 heterocycles. The largest absolute Gasteiger partial charge is 0.465 e. The first-order valence-electron chi connectivity index (χ1n) is 15.8. The third-order valence-corrected chi connectivity index (χ3v) is 7.73. The lowest BCUT2D eigenvalue weighted by Gasteiger charge is -2.31. The number of rotatable bonds is 10. The first-order chi connectivity index (χ1) is 24.9. The van der Waals surface area contributed by atoms with Crippen LogP contribution in [-0.2, 0) is 9.53 Å². The fourth-order valence-electron chi connectivity index (χ4n) is 4.60. The van der Waals surface area contributed by atoms with Gasteiger partial charge in [-0.3, -0.25) is 19.5 Å². The van der Waals surface area contributed by atoms with Crippen molar-refractivity contribution in [3.8, 4) is 17.1 Å². The predicted octanol–water partition coefficient (Wildman–Crippen LogP) is 6.67. The number of halogens is 7. The molecule has 4 aromatic rings. The van der Waals surface area contributed by atoms with Gasteiger partial charge >= 0.3 is 6.18 Å². The first kappa shape index (κ1) is 42.3. The van der Waals surface area contributed by atoms with Gasteiger partial charge in [0.2, 0.25) is 0 Å². The second-order valence-corrected chi connectivity index (χ2v) is 12.7. The topological polar surface area (TPSA) is 154 Å². The number of aliphatic imine (C=N–C) groups is 1. The summed E-state index contributed by atoms with van der Waals surface area (Å²) in [6.07, 6.45) is -2.35. The standard InChI is InChI=1S/C25H21ClF2N8O3.C5H8F3N.C4H9F/c1-30-25(29)35(24(38)16-5-3-15(4-6-16)22-31-9-2-10-32-22)20(12-39-14-37)17-7-8-18(26)19(11-17)36-23(21(27)28)33-13-34-36;1-9-4(2-3-4)5(6,7)8;1-4(2,3)5/h2-11,13-14,20-21H,12H2,1H3,(H2,29,30);9H,2-3H2,1H3;1-3H3/t20-;;/m1../s1. The van der Waals surface area contributed by atoms with Crippen LogP contribution in [0.4, 0.5) is 26.3 Å². The number of guanidine groups is 1. The van der Waals surface area contributed by atoms with Crippen molar-refractivity contribution in [2.24, 2.45) is 10.7 Å². The molecule has 1 atom stereocenters. The molecular formula is C34H38ClF6N9O3. The molecule has 1 amide bonds. The normalized spacial score (nSPS) is 14.2. The molecule has 53 heavy (non-hydrogen) atoms. The number of carbonyl (C=O) groups excluding carboxylic acids is 2. The van der Waals surface area contributed by atoms with Crippen molar-refractivity contribution in [1.29, 1.82) is 0 Å². The van der Waals surface area contributed by atoms with Crippen molar-refractivity contribution in [3.05, 3.63) is 89.2 Å². The Labute approximate surface area is 306 Å². The summed E-state index contributed by atoms with van der Waals surface area (Å²) in [6, 6.07) is 11.6. The number of hydrogen-bond acceptors (Lipinski definition) is 9. The minimum atomic E-state index is -4.05. The number of aromatic nitrogens is 5. The number of benzene rings is 2. The highest BCUT2D eigenvalue weighted by atomic mass is 35.5. The molecule has 0 spiro atoms. The summed E-state index contributed by atoms with van der Waals surface area (Å²) in [4.78, 5) is 41.9. The minimum Gasteiger partial charge on any atom is -0.465 e. The van der Waals surface area contributed by atoms with E-state index in [4.69, 9.17) is 22.1 Å². The highest BCUT2D eigenvalue weighted by molar-refractivity contribution is 6.32. The van der Waals surface area contributed by atoms with Gasteiger partial charge in [-0.2, -0.15) is 18.3 Å². The fourth-order valence-corrected chi connectivity index (χ4v) is 4.79. The van der Waals surface area contributed by atoms with Crippen molar-refractivity contribution < 1.29 is 40.7 Å². The molecule has 1 saturated carbocycles. The number of hydrogen-bond donors (Lipinski definition) is 2. The Morgan fingerprint density at radius 1 is 1.09 bits per heavy atom. The number of ether oxygens (including phenoxy) is 1. The SMILES string of the molecule is CC(C)(C)F.CN=C(N)N(C(=O)c1ccc(-c2ncccn2)cc1)[C@H](COC=O)c1ccc(Cl)c(-n2ncnc2C(F)F)c1.CNC1(C(F)(F)F)CC1. The summed E-state index contributed by atoms with van der Waals surface area (Å²) in [7, 11) is 2.74. The highest BCUT2D eigenvalue weighted by Gasteiger charge is 2.62. The summed E-state index contributed by atoms with van der Waals surface area (Å²) in [5.74, 6) is -0.894. The lowest BCUT2D eigenvalue weighted by molar-refractivity contribution is -0.164. The van der Waals surface area contributed by atoms with E-state index >= 15 is 0 Å². The molecule has 0 radical (unpaired) electrons. The molecule has 286 valence electrons. The molecule has 19 heteroatoms. The monoisotopic (exact) mass is 769 g/mol. The van der Waals surface area contributed by atoms with Crippen molar-refractivity contribution in [2.45, 2.75) is 63.5 Å². The van der Waals surface area contributed by atoms with Crippen LogP contribution in [0.25, 0.3) is 17.1 Å². The molecule has 0 saturated heterocycles. The number of nitrogens with two attached hydrogens (primary N) is 1. The van der Waals surface area contributed by atoms with Gasteiger partial charge in [-0.25, -0.2) is 32.8 Å². The van der Waals surface area contributed by atoms with E-state index in [0.29, 0.717) is 17.0 Å². The Morgan fingerprint density at radius 2 is 1.70 bits per heavy atom. The van der Waals surface area contributed by atoms with E-state index < -0.39 is 41.6 Å². The van der Waals surface area contributed by atoms with Crippen LogP contribution < -0.4 is 11.1 Å². The molecule has 1 aliphatic carbocycles. The number of alkyl halides is 6. The molecular weight excluding hydrogens is 732 g/mol. The van der Waals surface area contributed by atoms with Gasteiger partial charge in [0.25, 0.3) is 18.8 Å². The van der Waals surface area contributed by atoms with E-state index in [9.17, 15) is 35.9 Å². The highest BCUT2D eigenvalue weighted by Crippen LogP contribution is 2.48. The molecule has 0 bridgehead atoms. The zero-order valence-electron chi connectivity index (χ0n) is 29.3. The van der Waals surface area contributed by atoms with Crippen LogP contribution in [0.1, 0.15) is 67.8 Å². The minimum absolute atomic E-state index is 0.0738. The van der Waals surface area contributed by atoms with Crippen molar-refractivity contribution in [2.75, 3.05) is 20.7 Å². The van der Waals surface area contributed by atoms with Gasteiger partial charge < -0.3 is 15.8 Å². The molecule has 0 unspecified atom stereocenters. The quantitative estimate of drug-likeness (QED) is 0.0779. The van der Waals surface area contributed by atoms with Crippen LogP contribution >= 0.6 is 11.6 Å². The fraction of sp³-hybridized carbons (Fsp3) is 0.382. The van der Waals surface area contributed by atoms with Crippen LogP contribution in [0.15, 0.2) is 72.2 Å². The number of carbonyl (C=O) groups is 2. The van der Waals surface area contributed by atoms with E-state index in [1.54, 1.807) is 48.8 Å². The van der Waals surface area contributed by atoms with Crippen molar-refractivity contribution >= 4 is 29.9 Å². The Hall–Kier alpha value is -5.10. The Bertz CT molecular complexity index is 1830. The lowest BCUT2D eigenvalue weighted by Crippen LogP contribution is -2.46. The van der Waals surface area contributed by atoms with Crippen LogP contribution in [0.5, 0.6) is 0 Å². The number of amides is 1. The van der Waals surface area contributed by atoms with E-state index in [-0.39, 0.29) is 48.2 Å². The van der Waals surface area contributed by atoms with Gasteiger partial charge in [0, 0.05) is 30.6 Å². The van der Waals surface area contributed by atoms with Gasteiger partial charge in [-0.1, -0.05) is 29.8 Å². The molecule has 5 rings (SSSR count). The zero-order valence-corrected chi connectivity index (χ0v) is 30.0. The third kappa shape index (κ3) is 11.4. The Balaban J connectivity index is 0.000000452. The molecule has 2 aromatic heterocycles. The van der Waals surface area contributed by atoms with Crippen LogP contribution in [-0.4, -0.2) is 86.1 Å². The van der Waals surface area contributed by atoms with Gasteiger partial charge in [0.05, 0.1) is 16.8 Å². The molecule has 0 aliphatic heterocycles. The Morgan fingerprint density at radius 3 is 2.17 bits per heavy atom. The van der Waals surface area contributed by atoms with E-state index in [1.807, 2.05) is 0 Å². The summed E-state index contributed by atoms with van der Waals surface area (Å²) < 4.78 is 80.1. The molecule has 3 N–H and O–H groups in total. The maximum absolute atomic E-state index is 13.7. The van der Waals surface area contributed by atoms with Crippen LogP contribution in [0.3, 0.4) is 0 Å². The molecule has 12 nitrogen and oxygen atoms in total. The average Bonchev–Trinajstić information content (AvgIpc) is 3.79. The maximum atomic E-state index is 13.7. The summed E-state index contributed by atoms with van der Waals surface area (Å²) >= 11 is 6.31. The van der Waals surface area contributed by atoms with E-state index in [2.05, 4.69) is 30.4 Å². The van der Waals surface area contributed by atoms with Crippen LogP contribution in [0.2, 0.25) is 5.02 Å². The van der Waals surface area contributed by atoms with Crippen molar-refractivity contribution in [1.82, 2.24) is 34.9 Å². The van der Waals surface area contributed by atoms with E-state index in [0.717, 1.165) is 15.9 Å². The predicted molar refractivity (Wildman–Crippen MR) is 185 cm³/mol. The number of nitrogens with one attached hydrogen (secondary N) is 1. The molecule has 1 fully saturated rings. The second kappa shape index (κ2) is 18.1. The first-order valence-corrected chi connectivity index (χ1v) is 16.2. The summed E-state index contributed by atoms with van der Waals surface area (Å²) in [6.45, 7) is 4.45. The lowest BCUT2D eigenvalue weighted by atomic mass is 10.0. The maximum Gasteiger partial charge on any atom is 0.406 e. The van der Waals surface area contributed by atoms with Crippen LogP contribution in [0, 0.1) is 0 Å². The Kier molecular flexibility index (Phi) is 14.4. The molecule has 2 aromatic carbocycles.